The summed E-state index contributed by atoms with van der Waals surface area (Å²) in [5.41, 5.74) is 8.22. The van der Waals surface area contributed by atoms with Gasteiger partial charge in [0, 0.05) is 11.9 Å². The lowest BCUT2D eigenvalue weighted by molar-refractivity contribution is 0.948. The predicted octanol–water partition coefficient (Wildman–Crippen LogP) is 1.73. The van der Waals surface area contributed by atoms with Crippen LogP contribution in [0.25, 0.3) is 0 Å². The molecule has 0 spiro atoms. The normalized spacial score (nSPS) is 10.2. The van der Waals surface area contributed by atoms with Gasteiger partial charge in [0.1, 0.15) is 16.6 Å². The molecule has 0 aromatic carbocycles. The Morgan fingerprint density at radius 1 is 1.26 bits per heavy atom. The summed E-state index contributed by atoms with van der Waals surface area (Å²) in [7, 11) is 0. The molecule has 3 N–H and O–H groups in total. The first-order valence-electron chi connectivity index (χ1n) is 5.86. The topological polar surface area (TPSA) is 76.7 Å². The first-order chi connectivity index (χ1) is 9.06. The fourth-order valence-electron chi connectivity index (χ4n) is 1.67. The molecule has 0 radical (unpaired) electrons. The van der Waals surface area contributed by atoms with Crippen LogP contribution in [0.5, 0.6) is 0 Å². The average Bonchev–Trinajstić information content (AvgIpc) is 2.36. The van der Waals surface area contributed by atoms with Crippen LogP contribution in [0.2, 0.25) is 0 Å². The molecule has 0 amide bonds. The highest BCUT2D eigenvalue weighted by Gasteiger charge is 2.07. The van der Waals surface area contributed by atoms with Gasteiger partial charge in [-0.25, -0.2) is 15.0 Å². The number of nitrogens with zero attached hydrogens (tertiary/aromatic N) is 3. The number of thiocarbonyl (C=S) groups is 1. The number of hydrogen-bond donors (Lipinski definition) is 2. The molecule has 5 nitrogen and oxygen atoms in total. The molecule has 0 fully saturated rings. The lowest BCUT2D eigenvalue weighted by Crippen LogP contribution is -2.15. The number of nitrogens with two attached hydrogens (primary N) is 1. The summed E-state index contributed by atoms with van der Waals surface area (Å²) in [6, 6.07) is 5.61. The number of aromatic nitrogens is 3. The second kappa shape index (κ2) is 5.71. The van der Waals surface area contributed by atoms with Crippen LogP contribution >= 0.6 is 12.2 Å². The zero-order valence-corrected chi connectivity index (χ0v) is 11.7. The molecule has 2 aromatic rings. The van der Waals surface area contributed by atoms with E-state index in [-0.39, 0.29) is 0 Å². The lowest BCUT2D eigenvalue weighted by Gasteiger charge is -2.10. The minimum absolute atomic E-state index is 0.328. The molecule has 2 heterocycles. The van der Waals surface area contributed by atoms with Crippen molar-refractivity contribution < 1.29 is 0 Å². The van der Waals surface area contributed by atoms with Crippen molar-refractivity contribution in [3.05, 3.63) is 47.2 Å². The van der Waals surface area contributed by atoms with E-state index >= 15 is 0 Å². The van der Waals surface area contributed by atoms with E-state index in [4.69, 9.17) is 18.0 Å². The number of anilines is 1. The van der Waals surface area contributed by atoms with Gasteiger partial charge in [0.25, 0.3) is 0 Å². The predicted molar refractivity (Wildman–Crippen MR) is 79.0 cm³/mol. The van der Waals surface area contributed by atoms with Gasteiger partial charge in [-0.15, -0.1) is 0 Å². The molecule has 0 aliphatic heterocycles. The van der Waals surface area contributed by atoms with E-state index in [1.54, 1.807) is 6.20 Å². The van der Waals surface area contributed by atoms with Crippen molar-refractivity contribution >= 4 is 23.0 Å². The molecule has 0 bridgehead atoms. The molecule has 0 saturated carbocycles. The van der Waals surface area contributed by atoms with Crippen LogP contribution in [0.3, 0.4) is 0 Å². The third-order valence-corrected chi connectivity index (χ3v) is 2.79. The second-order valence-electron chi connectivity index (χ2n) is 4.16. The molecule has 0 aliphatic rings. The van der Waals surface area contributed by atoms with Crippen molar-refractivity contribution in [1.29, 1.82) is 0 Å². The summed E-state index contributed by atoms with van der Waals surface area (Å²) in [5.74, 6) is 1.43. The highest BCUT2D eigenvalue weighted by Crippen LogP contribution is 2.14. The van der Waals surface area contributed by atoms with Crippen molar-refractivity contribution in [3.8, 4) is 0 Å². The van der Waals surface area contributed by atoms with Gasteiger partial charge in [-0.3, -0.25) is 0 Å². The van der Waals surface area contributed by atoms with Gasteiger partial charge < -0.3 is 11.1 Å². The van der Waals surface area contributed by atoms with E-state index in [1.165, 1.54) is 0 Å². The van der Waals surface area contributed by atoms with Crippen molar-refractivity contribution in [2.75, 3.05) is 5.32 Å². The third kappa shape index (κ3) is 3.45. The second-order valence-corrected chi connectivity index (χ2v) is 4.60. The SMILES string of the molecule is Cc1ccc(C(N)=S)c(NCc2ccnc(C)n2)n1. The third-order valence-electron chi connectivity index (χ3n) is 2.57. The maximum Gasteiger partial charge on any atom is 0.136 e. The van der Waals surface area contributed by atoms with Crippen LogP contribution in [0.15, 0.2) is 24.4 Å². The maximum absolute atomic E-state index is 5.68. The fraction of sp³-hybridized carbons (Fsp3) is 0.231. The Labute approximate surface area is 117 Å². The molecule has 6 heteroatoms. The van der Waals surface area contributed by atoms with Gasteiger partial charge >= 0.3 is 0 Å². The van der Waals surface area contributed by atoms with Gasteiger partial charge in [0.15, 0.2) is 0 Å². The largest absolute Gasteiger partial charge is 0.389 e. The van der Waals surface area contributed by atoms with Crippen LogP contribution < -0.4 is 11.1 Å². The number of hydrogen-bond acceptors (Lipinski definition) is 5. The van der Waals surface area contributed by atoms with Gasteiger partial charge in [-0.1, -0.05) is 12.2 Å². The average molecular weight is 273 g/mol. The van der Waals surface area contributed by atoms with E-state index in [2.05, 4.69) is 20.3 Å². The van der Waals surface area contributed by atoms with Crippen LogP contribution in [-0.2, 0) is 6.54 Å². The Bertz CT molecular complexity index is 612. The summed E-state index contributed by atoms with van der Waals surface area (Å²) < 4.78 is 0. The van der Waals surface area contributed by atoms with Crippen LogP contribution in [-0.4, -0.2) is 19.9 Å². The molecule has 0 unspecified atom stereocenters. The summed E-state index contributed by atoms with van der Waals surface area (Å²) in [4.78, 5) is 13.1. The van der Waals surface area contributed by atoms with Crippen LogP contribution in [0.4, 0.5) is 5.82 Å². The Kier molecular flexibility index (Phi) is 4.01. The summed E-state index contributed by atoms with van der Waals surface area (Å²) in [5, 5.41) is 3.21. The molecule has 19 heavy (non-hydrogen) atoms. The van der Waals surface area contributed by atoms with Gasteiger partial charge in [-0.05, 0) is 32.0 Å². The molecule has 98 valence electrons. The molecule has 0 saturated heterocycles. The molecular formula is C13H15N5S. The van der Waals surface area contributed by atoms with Crippen LogP contribution in [0.1, 0.15) is 22.8 Å². The van der Waals surface area contributed by atoms with Crippen LogP contribution in [0, 0.1) is 13.8 Å². The monoisotopic (exact) mass is 273 g/mol. The first kappa shape index (κ1) is 13.4. The lowest BCUT2D eigenvalue weighted by atomic mass is 10.2. The maximum atomic E-state index is 5.68. The van der Waals surface area contributed by atoms with E-state index < -0.39 is 0 Å². The minimum Gasteiger partial charge on any atom is -0.389 e. The molecule has 0 aliphatic carbocycles. The highest BCUT2D eigenvalue weighted by atomic mass is 32.1. The smallest absolute Gasteiger partial charge is 0.136 e. The van der Waals surface area contributed by atoms with E-state index in [0.29, 0.717) is 17.4 Å². The quantitative estimate of drug-likeness (QED) is 0.826. The van der Waals surface area contributed by atoms with Gasteiger partial charge in [0.05, 0.1) is 17.8 Å². The van der Waals surface area contributed by atoms with E-state index in [0.717, 1.165) is 22.8 Å². The van der Waals surface area contributed by atoms with Crippen molar-refractivity contribution in [1.82, 2.24) is 15.0 Å². The number of rotatable bonds is 4. The molecule has 2 aromatic heterocycles. The number of pyridine rings is 1. The van der Waals surface area contributed by atoms with Crippen molar-refractivity contribution in [2.24, 2.45) is 5.73 Å². The zero-order valence-electron chi connectivity index (χ0n) is 10.8. The number of aryl methyl sites for hydroxylation is 2. The first-order valence-corrected chi connectivity index (χ1v) is 6.27. The van der Waals surface area contributed by atoms with Gasteiger partial charge in [0.2, 0.25) is 0 Å². The highest BCUT2D eigenvalue weighted by molar-refractivity contribution is 7.80. The summed E-state index contributed by atoms with van der Waals surface area (Å²) >= 11 is 5.02. The zero-order chi connectivity index (χ0) is 13.8. The van der Waals surface area contributed by atoms with E-state index in [1.807, 2.05) is 32.0 Å². The Hall–Kier alpha value is -2.08. The van der Waals surface area contributed by atoms with E-state index in [9.17, 15) is 0 Å². The molecule has 2 rings (SSSR count). The standard InChI is InChI=1S/C13H15N5S/c1-8-3-4-11(12(14)19)13(17-8)16-7-10-5-6-15-9(2)18-10/h3-6H,7H2,1-2H3,(H2,14,19)(H,16,17). The summed E-state index contributed by atoms with van der Waals surface area (Å²) in [6.45, 7) is 4.33. The molecular weight excluding hydrogens is 258 g/mol. The Morgan fingerprint density at radius 3 is 2.74 bits per heavy atom. The Balaban J connectivity index is 2.19. The fourth-order valence-corrected chi connectivity index (χ4v) is 1.83. The van der Waals surface area contributed by atoms with Crippen molar-refractivity contribution in [2.45, 2.75) is 20.4 Å². The summed E-state index contributed by atoms with van der Waals surface area (Å²) in [6.07, 6.45) is 1.73. The van der Waals surface area contributed by atoms with Gasteiger partial charge in [-0.2, -0.15) is 0 Å². The Morgan fingerprint density at radius 2 is 2.05 bits per heavy atom. The molecule has 0 atom stereocenters. The number of nitrogens with one attached hydrogen (secondary N) is 1. The van der Waals surface area contributed by atoms with Crippen molar-refractivity contribution in [3.63, 3.8) is 0 Å². The minimum atomic E-state index is 0.328.